The van der Waals surface area contributed by atoms with Gasteiger partial charge in [0.05, 0.1) is 6.04 Å². The number of nitrogens with one attached hydrogen (secondary N) is 1. The molecule has 2 atom stereocenters. The van der Waals surface area contributed by atoms with Crippen molar-refractivity contribution in [1.29, 1.82) is 0 Å². The van der Waals surface area contributed by atoms with Crippen LogP contribution in [0.15, 0.2) is 0 Å². The predicted molar refractivity (Wildman–Crippen MR) is 59.6 cm³/mol. The second-order valence-corrected chi connectivity index (χ2v) is 4.56. The molecule has 88 valence electrons. The highest BCUT2D eigenvalue weighted by atomic mass is 16.6. The molecule has 0 aromatic carbocycles. The van der Waals surface area contributed by atoms with Gasteiger partial charge in [0.15, 0.2) is 0 Å². The van der Waals surface area contributed by atoms with Gasteiger partial charge in [-0.2, -0.15) is 0 Å². The van der Waals surface area contributed by atoms with Crippen molar-refractivity contribution in [1.82, 2.24) is 10.2 Å². The van der Waals surface area contributed by atoms with Crippen LogP contribution in [0.5, 0.6) is 0 Å². The number of piperidine rings is 1. The van der Waals surface area contributed by atoms with E-state index in [4.69, 9.17) is 0 Å². The first-order valence-corrected chi connectivity index (χ1v) is 5.58. The molecular weight excluding hydrogens is 194 g/mol. The summed E-state index contributed by atoms with van der Waals surface area (Å²) in [5.41, 5.74) is 0. The topological polar surface area (TPSA) is 58.4 Å². The van der Waals surface area contributed by atoms with Gasteiger partial charge in [-0.25, -0.2) is 0 Å². The maximum atomic E-state index is 10.6. The van der Waals surface area contributed by atoms with Crippen molar-refractivity contribution in [2.75, 3.05) is 20.1 Å². The molecule has 0 aromatic heterocycles. The lowest BCUT2D eigenvalue weighted by atomic mass is 10.0. The van der Waals surface area contributed by atoms with Crippen molar-refractivity contribution in [2.24, 2.45) is 0 Å². The Kier molecular flexibility index (Phi) is 4.47. The van der Waals surface area contributed by atoms with Gasteiger partial charge in [0.2, 0.25) is 6.04 Å². The van der Waals surface area contributed by atoms with Gasteiger partial charge in [0, 0.05) is 17.9 Å². The van der Waals surface area contributed by atoms with Crippen molar-refractivity contribution < 1.29 is 4.92 Å². The molecule has 0 saturated carbocycles. The molecule has 0 amide bonds. The van der Waals surface area contributed by atoms with E-state index >= 15 is 0 Å². The van der Waals surface area contributed by atoms with E-state index in [-0.39, 0.29) is 11.0 Å². The second-order valence-electron chi connectivity index (χ2n) is 4.56. The van der Waals surface area contributed by atoms with Crippen molar-refractivity contribution in [3.8, 4) is 0 Å². The Balaban J connectivity index is 2.32. The molecule has 5 heteroatoms. The Hall–Kier alpha value is -0.680. The highest BCUT2D eigenvalue weighted by Gasteiger charge is 2.25. The summed E-state index contributed by atoms with van der Waals surface area (Å²) in [6.07, 6.45) is 2.18. The minimum absolute atomic E-state index is 0.0478. The third-order valence-electron chi connectivity index (χ3n) is 3.27. The van der Waals surface area contributed by atoms with Crippen LogP contribution in [0.25, 0.3) is 0 Å². The minimum atomic E-state index is -0.510. The molecule has 0 spiro atoms. The van der Waals surface area contributed by atoms with Crippen LogP contribution in [-0.2, 0) is 0 Å². The summed E-state index contributed by atoms with van der Waals surface area (Å²) in [6.45, 7) is 5.72. The molecule has 1 rings (SSSR count). The molecule has 1 unspecified atom stereocenters. The quantitative estimate of drug-likeness (QED) is 0.554. The van der Waals surface area contributed by atoms with E-state index in [1.165, 1.54) is 0 Å². The van der Waals surface area contributed by atoms with Gasteiger partial charge in [-0.05, 0) is 39.9 Å². The van der Waals surface area contributed by atoms with Crippen LogP contribution in [0.4, 0.5) is 0 Å². The summed E-state index contributed by atoms with van der Waals surface area (Å²) < 4.78 is 0. The molecular formula is C10H21N3O2. The number of hydrogen-bond donors (Lipinski definition) is 1. The number of nitrogens with zero attached hydrogens (tertiary/aromatic N) is 2. The van der Waals surface area contributed by atoms with E-state index in [1.54, 1.807) is 6.92 Å². The van der Waals surface area contributed by atoms with Crippen LogP contribution in [0, 0.1) is 10.1 Å². The van der Waals surface area contributed by atoms with Gasteiger partial charge in [-0.15, -0.1) is 0 Å². The molecule has 1 heterocycles. The standard InChI is InChI=1S/C10H21N3O2/c1-8(9(2)13(14)15)11-10-4-6-12(3)7-5-10/h8-11H,4-7H2,1-3H3/t8?,9-/m0/s1. The lowest BCUT2D eigenvalue weighted by Crippen LogP contribution is -2.49. The minimum Gasteiger partial charge on any atom is -0.306 e. The molecule has 1 N–H and O–H groups in total. The molecule has 5 nitrogen and oxygen atoms in total. The largest absolute Gasteiger partial charge is 0.306 e. The summed E-state index contributed by atoms with van der Waals surface area (Å²) in [5, 5.41) is 13.9. The zero-order chi connectivity index (χ0) is 11.4. The average Bonchev–Trinajstić information content (AvgIpc) is 2.20. The van der Waals surface area contributed by atoms with Crippen LogP contribution in [0.3, 0.4) is 0 Å². The summed E-state index contributed by atoms with van der Waals surface area (Å²) >= 11 is 0. The van der Waals surface area contributed by atoms with Crippen molar-refractivity contribution in [3.05, 3.63) is 10.1 Å². The van der Waals surface area contributed by atoms with Crippen LogP contribution in [0.1, 0.15) is 26.7 Å². The van der Waals surface area contributed by atoms with E-state index in [0.717, 1.165) is 25.9 Å². The molecule has 1 saturated heterocycles. The van der Waals surface area contributed by atoms with Gasteiger partial charge < -0.3 is 10.2 Å². The van der Waals surface area contributed by atoms with Gasteiger partial charge in [0.1, 0.15) is 0 Å². The fourth-order valence-electron chi connectivity index (χ4n) is 1.87. The van der Waals surface area contributed by atoms with Crippen molar-refractivity contribution >= 4 is 0 Å². The Labute approximate surface area is 91.0 Å². The van der Waals surface area contributed by atoms with Gasteiger partial charge in [0.25, 0.3) is 0 Å². The van der Waals surface area contributed by atoms with E-state index in [0.29, 0.717) is 6.04 Å². The summed E-state index contributed by atoms with van der Waals surface area (Å²) in [5.74, 6) is 0. The first kappa shape index (κ1) is 12.4. The first-order valence-electron chi connectivity index (χ1n) is 5.58. The Bertz CT molecular complexity index is 215. The molecule has 1 aliphatic rings. The van der Waals surface area contributed by atoms with Crippen LogP contribution >= 0.6 is 0 Å². The Morgan fingerprint density at radius 1 is 1.40 bits per heavy atom. The van der Waals surface area contributed by atoms with E-state index in [2.05, 4.69) is 17.3 Å². The third kappa shape index (κ3) is 3.76. The molecule has 1 fully saturated rings. The SMILES string of the molecule is CC(NC1CCN(C)CC1)[C@H](C)[N+](=O)[O-]. The number of rotatable bonds is 4. The summed E-state index contributed by atoms with van der Waals surface area (Å²) in [6, 6.07) is -0.114. The van der Waals surface area contributed by atoms with E-state index < -0.39 is 6.04 Å². The molecule has 0 radical (unpaired) electrons. The highest BCUT2D eigenvalue weighted by molar-refractivity contribution is 4.79. The van der Waals surface area contributed by atoms with Gasteiger partial charge >= 0.3 is 0 Å². The maximum Gasteiger partial charge on any atom is 0.225 e. The molecule has 0 bridgehead atoms. The smallest absolute Gasteiger partial charge is 0.225 e. The fourth-order valence-corrected chi connectivity index (χ4v) is 1.87. The molecule has 15 heavy (non-hydrogen) atoms. The lowest BCUT2D eigenvalue weighted by Gasteiger charge is -2.31. The second kappa shape index (κ2) is 5.42. The predicted octanol–water partition coefficient (Wildman–Crippen LogP) is 0.724. The zero-order valence-corrected chi connectivity index (χ0v) is 9.77. The summed E-state index contributed by atoms with van der Waals surface area (Å²) in [4.78, 5) is 12.7. The Morgan fingerprint density at radius 2 is 1.93 bits per heavy atom. The highest BCUT2D eigenvalue weighted by Crippen LogP contribution is 2.10. The first-order chi connectivity index (χ1) is 7.00. The maximum absolute atomic E-state index is 10.6. The number of likely N-dealkylation sites (tertiary alicyclic amines) is 1. The fraction of sp³-hybridized carbons (Fsp3) is 1.00. The molecule has 0 aromatic rings. The molecule has 1 aliphatic heterocycles. The van der Waals surface area contributed by atoms with Gasteiger partial charge in [-0.3, -0.25) is 10.1 Å². The van der Waals surface area contributed by atoms with Crippen LogP contribution in [0.2, 0.25) is 0 Å². The molecule has 0 aliphatic carbocycles. The van der Waals surface area contributed by atoms with Gasteiger partial charge in [-0.1, -0.05) is 0 Å². The lowest BCUT2D eigenvalue weighted by molar-refractivity contribution is -0.521. The van der Waals surface area contributed by atoms with Crippen molar-refractivity contribution in [2.45, 2.75) is 44.8 Å². The average molecular weight is 215 g/mol. The summed E-state index contributed by atoms with van der Waals surface area (Å²) in [7, 11) is 2.11. The van der Waals surface area contributed by atoms with E-state index in [9.17, 15) is 10.1 Å². The Morgan fingerprint density at radius 3 is 2.40 bits per heavy atom. The third-order valence-corrected chi connectivity index (χ3v) is 3.27. The normalized spacial score (nSPS) is 23.7. The van der Waals surface area contributed by atoms with Crippen molar-refractivity contribution in [3.63, 3.8) is 0 Å². The van der Waals surface area contributed by atoms with Crippen LogP contribution in [-0.4, -0.2) is 48.1 Å². The van der Waals surface area contributed by atoms with E-state index in [1.807, 2.05) is 6.92 Å². The number of hydrogen-bond acceptors (Lipinski definition) is 4. The zero-order valence-electron chi connectivity index (χ0n) is 9.77. The van der Waals surface area contributed by atoms with Crippen LogP contribution < -0.4 is 5.32 Å². The number of nitro groups is 1. The monoisotopic (exact) mass is 215 g/mol.